The number of esters is 1. The lowest BCUT2D eigenvalue weighted by atomic mass is 10.1. The topological polar surface area (TPSA) is 61.5 Å². The van der Waals surface area contributed by atoms with Crippen molar-refractivity contribution in [3.8, 4) is 5.75 Å². The highest BCUT2D eigenvalue weighted by molar-refractivity contribution is 5.85. The minimum atomic E-state index is -0.976. The van der Waals surface area contributed by atoms with E-state index in [0.29, 0.717) is 5.56 Å². The lowest BCUT2D eigenvalue weighted by Gasteiger charge is -2.10. The Kier molecular flexibility index (Phi) is 5.77. The van der Waals surface area contributed by atoms with Crippen molar-refractivity contribution in [1.29, 1.82) is 0 Å². The molecule has 16 heavy (non-hydrogen) atoms. The number of rotatable bonds is 3. The van der Waals surface area contributed by atoms with Gasteiger partial charge in [-0.3, -0.25) is 4.79 Å². The molecule has 6 heteroatoms. The Morgan fingerprint density at radius 3 is 2.50 bits per heavy atom. The zero-order valence-electron chi connectivity index (χ0n) is 8.90. The van der Waals surface area contributed by atoms with Gasteiger partial charge in [0.25, 0.3) is 0 Å². The fourth-order valence-corrected chi connectivity index (χ4v) is 1.14. The van der Waals surface area contributed by atoms with Crippen molar-refractivity contribution < 1.29 is 18.7 Å². The van der Waals surface area contributed by atoms with Crippen LogP contribution in [-0.2, 0) is 9.53 Å². The molecule has 0 radical (unpaired) electrons. The highest BCUT2D eigenvalue weighted by Crippen LogP contribution is 2.21. The Morgan fingerprint density at radius 1 is 1.44 bits per heavy atom. The van der Waals surface area contributed by atoms with E-state index in [4.69, 9.17) is 10.5 Å². The van der Waals surface area contributed by atoms with Crippen molar-refractivity contribution in [2.45, 2.75) is 6.04 Å². The van der Waals surface area contributed by atoms with Crippen LogP contribution in [0.4, 0.5) is 4.39 Å². The molecule has 0 saturated carbocycles. The number of nitrogens with two attached hydrogens (primary N) is 1. The number of benzene rings is 1. The van der Waals surface area contributed by atoms with Gasteiger partial charge in [-0.25, -0.2) is 4.39 Å². The average molecular weight is 250 g/mol. The maximum atomic E-state index is 13.2. The molecule has 0 aliphatic carbocycles. The molecule has 0 aliphatic heterocycles. The summed E-state index contributed by atoms with van der Waals surface area (Å²) in [4.78, 5) is 11.1. The van der Waals surface area contributed by atoms with E-state index < -0.39 is 17.8 Å². The van der Waals surface area contributed by atoms with Crippen LogP contribution in [0, 0.1) is 5.82 Å². The summed E-state index contributed by atoms with van der Waals surface area (Å²) in [6.07, 6.45) is 0. The van der Waals surface area contributed by atoms with Gasteiger partial charge >= 0.3 is 5.97 Å². The Hall–Kier alpha value is -1.33. The Balaban J connectivity index is 0.00000225. The van der Waals surface area contributed by atoms with E-state index in [9.17, 15) is 9.18 Å². The summed E-state index contributed by atoms with van der Waals surface area (Å²) in [6, 6.07) is 3.10. The van der Waals surface area contributed by atoms with Crippen LogP contribution in [0.15, 0.2) is 18.2 Å². The first kappa shape index (κ1) is 14.7. The van der Waals surface area contributed by atoms with Crippen LogP contribution in [0.1, 0.15) is 11.6 Å². The summed E-state index contributed by atoms with van der Waals surface area (Å²) in [5.74, 6) is -1.07. The van der Waals surface area contributed by atoms with E-state index in [1.54, 1.807) is 0 Å². The third kappa shape index (κ3) is 3.08. The molecule has 0 heterocycles. The maximum Gasteiger partial charge on any atom is 0.327 e. The molecule has 1 aromatic carbocycles. The first-order valence-corrected chi connectivity index (χ1v) is 4.27. The molecule has 4 nitrogen and oxygen atoms in total. The molecular weight excluding hydrogens is 237 g/mol. The quantitative estimate of drug-likeness (QED) is 0.824. The van der Waals surface area contributed by atoms with Gasteiger partial charge in [0.1, 0.15) is 6.04 Å². The van der Waals surface area contributed by atoms with E-state index in [-0.39, 0.29) is 18.2 Å². The van der Waals surface area contributed by atoms with Gasteiger partial charge in [-0.2, -0.15) is 0 Å². The van der Waals surface area contributed by atoms with Crippen molar-refractivity contribution in [2.24, 2.45) is 5.73 Å². The van der Waals surface area contributed by atoms with Crippen LogP contribution in [-0.4, -0.2) is 20.2 Å². The van der Waals surface area contributed by atoms with E-state index in [0.717, 1.165) is 6.07 Å². The van der Waals surface area contributed by atoms with Crippen LogP contribution in [0.3, 0.4) is 0 Å². The molecule has 1 aromatic rings. The number of ether oxygens (including phenoxy) is 2. The van der Waals surface area contributed by atoms with Crippen molar-refractivity contribution >= 4 is 18.4 Å². The molecule has 90 valence electrons. The first-order valence-electron chi connectivity index (χ1n) is 4.27. The molecule has 0 fully saturated rings. The maximum absolute atomic E-state index is 13.2. The molecule has 0 spiro atoms. The van der Waals surface area contributed by atoms with Crippen molar-refractivity contribution in [1.82, 2.24) is 0 Å². The van der Waals surface area contributed by atoms with Gasteiger partial charge in [-0.15, -0.1) is 12.4 Å². The van der Waals surface area contributed by atoms with Crippen LogP contribution in [0.25, 0.3) is 0 Å². The normalized spacial score (nSPS) is 11.2. The molecule has 1 rings (SSSR count). The average Bonchev–Trinajstić information content (AvgIpc) is 2.26. The molecule has 0 aromatic heterocycles. The minimum Gasteiger partial charge on any atom is -0.494 e. The van der Waals surface area contributed by atoms with Gasteiger partial charge < -0.3 is 15.2 Å². The summed E-state index contributed by atoms with van der Waals surface area (Å²) in [5.41, 5.74) is 5.87. The van der Waals surface area contributed by atoms with Gasteiger partial charge in [0.15, 0.2) is 11.6 Å². The van der Waals surface area contributed by atoms with E-state index in [1.165, 1.54) is 26.4 Å². The number of hydrogen-bond donors (Lipinski definition) is 1. The van der Waals surface area contributed by atoms with Crippen LogP contribution < -0.4 is 10.5 Å². The summed E-state index contributed by atoms with van der Waals surface area (Å²) >= 11 is 0. The molecule has 0 amide bonds. The van der Waals surface area contributed by atoms with Crippen LogP contribution in [0.5, 0.6) is 5.75 Å². The lowest BCUT2D eigenvalue weighted by Crippen LogP contribution is -2.22. The second kappa shape index (κ2) is 6.30. The Labute approximate surface area is 98.9 Å². The SMILES string of the molecule is COC(=O)[C@H](N)c1ccc(OC)c(F)c1.Cl. The second-order valence-corrected chi connectivity index (χ2v) is 2.89. The lowest BCUT2D eigenvalue weighted by molar-refractivity contribution is -0.142. The standard InChI is InChI=1S/C10H12FNO3.ClH/c1-14-8-4-3-6(5-7(8)11)9(12)10(13)15-2;/h3-5,9H,12H2,1-2H3;1H/t9-;/m1./s1. The zero-order valence-corrected chi connectivity index (χ0v) is 9.71. The third-order valence-electron chi connectivity index (χ3n) is 1.99. The zero-order chi connectivity index (χ0) is 11.4. The number of carbonyl (C=O) groups excluding carboxylic acids is 1. The van der Waals surface area contributed by atoms with E-state index in [2.05, 4.69) is 4.74 Å². The molecule has 0 aliphatic rings. The molecule has 0 saturated heterocycles. The summed E-state index contributed by atoms with van der Waals surface area (Å²) in [7, 11) is 2.58. The summed E-state index contributed by atoms with van der Waals surface area (Å²) in [6.45, 7) is 0. The second-order valence-electron chi connectivity index (χ2n) is 2.89. The van der Waals surface area contributed by atoms with E-state index >= 15 is 0 Å². The molecule has 2 N–H and O–H groups in total. The predicted octanol–water partition coefficient (Wildman–Crippen LogP) is 1.43. The molecule has 0 unspecified atom stereocenters. The third-order valence-corrected chi connectivity index (χ3v) is 1.99. The number of hydrogen-bond acceptors (Lipinski definition) is 4. The van der Waals surface area contributed by atoms with Crippen molar-refractivity contribution in [2.75, 3.05) is 14.2 Å². The molecular formula is C10H13ClFNO3. The fraction of sp³-hybridized carbons (Fsp3) is 0.300. The molecule has 0 bridgehead atoms. The highest BCUT2D eigenvalue weighted by atomic mass is 35.5. The monoisotopic (exact) mass is 249 g/mol. The van der Waals surface area contributed by atoms with Gasteiger partial charge in [-0.05, 0) is 17.7 Å². The number of carbonyl (C=O) groups is 1. The summed E-state index contributed by atoms with van der Waals surface area (Å²) in [5, 5.41) is 0. The van der Waals surface area contributed by atoms with Crippen LogP contribution >= 0.6 is 12.4 Å². The largest absolute Gasteiger partial charge is 0.494 e. The van der Waals surface area contributed by atoms with E-state index in [1.807, 2.05) is 0 Å². The van der Waals surface area contributed by atoms with Gasteiger partial charge in [0, 0.05) is 0 Å². The Morgan fingerprint density at radius 2 is 2.06 bits per heavy atom. The minimum absolute atomic E-state index is 0. The van der Waals surface area contributed by atoms with Gasteiger partial charge in [0.2, 0.25) is 0 Å². The van der Waals surface area contributed by atoms with Crippen LogP contribution in [0.2, 0.25) is 0 Å². The predicted molar refractivity (Wildman–Crippen MR) is 59.1 cm³/mol. The van der Waals surface area contributed by atoms with Crippen molar-refractivity contribution in [3.63, 3.8) is 0 Å². The smallest absolute Gasteiger partial charge is 0.327 e. The number of methoxy groups -OCH3 is 2. The first-order chi connectivity index (χ1) is 7.10. The molecule has 1 atom stereocenters. The number of halogens is 2. The highest BCUT2D eigenvalue weighted by Gasteiger charge is 2.17. The summed E-state index contributed by atoms with van der Waals surface area (Å²) < 4.78 is 22.4. The van der Waals surface area contributed by atoms with Gasteiger partial charge in [-0.1, -0.05) is 6.07 Å². The Bertz CT molecular complexity index is 373. The van der Waals surface area contributed by atoms with Crippen molar-refractivity contribution in [3.05, 3.63) is 29.6 Å². The van der Waals surface area contributed by atoms with Gasteiger partial charge in [0.05, 0.1) is 14.2 Å². The fourth-order valence-electron chi connectivity index (χ4n) is 1.14.